The van der Waals surface area contributed by atoms with Crippen LogP contribution in [0.15, 0.2) is 53.1 Å². The van der Waals surface area contributed by atoms with Crippen molar-refractivity contribution >= 4 is 5.91 Å². The molecule has 1 aromatic heterocycles. The van der Waals surface area contributed by atoms with Gasteiger partial charge in [-0.25, -0.2) is 0 Å². The van der Waals surface area contributed by atoms with Crippen LogP contribution in [-0.2, 0) is 6.54 Å². The molecule has 1 fully saturated rings. The smallest absolute Gasteiger partial charge is 0.253 e. The van der Waals surface area contributed by atoms with Gasteiger partial charge in [-0.2, -0.15) is 4.98 Å². The van der Waals surface area contributed by atoms with Gasteiger partial charge in [-0.15, -0.1) is 0 Å². The number of amides is 1. The predicted octanol–water partition coefficient (Wildman–Crippen LogP) is 2.71. The number of methoxy groups -OCH3 is 2. The van der Waals surface area contributed by atoms with E-state index in [1.54, 1.807) is 38.5 Å². The molecule has 1 aliphatic rings. The van der Waals surface area contributed by atoms with Gasteiger partial charge in [0, 0.05) is 37.3 Å². The third kappa shape index (κ3) is 4.44. The minimum absolute atomic E-state index is 0.0388. The molecule has 0 bridgehead atoms. The Bertz CT molecular complexity index is 977. The first-order chi connectivity index (χ1) is 14.7. The highest BCUT2D eigenvalue weighted by molar-refractivity contribution is 5.94. The molecule has 0 N–H and O–H groups in total. The number of nitrogens with zero attached hydrogens (tertiary/aromatic N) is 4. The summed E-state index contributed by atoms with van der Waals surface area (Å²) in [4.78, 5) is 21.3. The normalized spacial score (nSPS) is 14.5. The van der Waals surface area contributed by atoms with E-state index in [0.29, 0.717) is 36.9 Å². The molecule has 1 amide bonds. The van der Waals surface area contributed by atoms with Crippen LogP contribution < -0.4 is 9.47 Å². The molecule has 2 heterocycles. The summed E-state index contributed by atoms with van der Waals surface area (Å²) < 4.78 is 15.7. The average Bonchev–Trinajstić information content (AvgIpc) is 3.27. The topological polar surface area (TPSA) is 80.9 Å². The summed E-state index contributed by atoms with van der Waals surface area (Å²) in [6.07, 6.45) is 0. The molecule has 0 atom stereocenters. The van der Waals surface area contributed by atoms with Crippen LogP contribution in [0.2, 0.25) is 0 Å². The Hall–Kier alpha value is -3.39. The highest BCUT2D eigenvalue weighted by Crippen LogP contribution is 2.20. The quantitative estimate of drug-likeness (QED) is 0.620. The molecule has 0 spiro atoms. The summed E-state index contributed by atoms with van der Waals surface area (Å²) in [5.41, 5.74) is 1.55. The Morgan fingerprint density at radius 3 is 2.13 bits per heavy atom. The Labute approximate surface area is 175 Å². The lowest BCUT2D eigenvalue weighted by molar-refractivity contribution is 0.0615. The lowest BCUT2D eigenvalue weighted by atomic mass is 10.1. The maximum absolute atomic E-state index is 12.7. The van der Waals surface area contributed by atoms with Crippen molar-refractivity contribution in [3.63, 3.8) is 0 Å². The minimum Gasteiger partial charge on any atom is -0.497 e. The molecule has 0 unspecified atom stereocenters. The molecule has 0 radical (unpaired) electrons. The summed E-state index contributed by atoms with van der Waals surface area (Å²) in [7, 11) is 3.24. The summed E-state index contributed by atoms with van der Waals surface area (Å²) >= 11 is 0. The van der Waals surface area contributed by atoms with Crippen molar-refractivity contribution in [1.82, 2.24) is 19.9 Å². The van der Waals surface area contributed by atoms with Crippen LogP contribution in [-0.4, -0.2) is 66.2 Å². The largest absolute Gasteiger partial charge is 0.497 e. The summed E-state index contributed by atoms with van der Waals surface area (Å²) in [5.74, 6) is 2.68. The number of carbonyl (C=O) groups is 1. The summed E-state index contributed by atoms with van der Waals surface area (Å²) in [6, 6.07) is 14.7. The molecule has 30 heavy (non-hydrogen) atoms. The molecule has 156 valence electrons. The monoisotopic (exact) mass is 408 g/mol. The fourth-order valence-corrected chi connectivity index (χ4v) is 3.39. The zero-order chi connectivity index (χ0) is 20.9. The van der Waals surface area contributed by atoms with Crippen LogP contribution in [0.4, 0.5) is 0 Å². The van der Waals surface area contributed by atoms with Crippen molar-refractivity contribution in [2.45, 2.75) is 6.54 Å². The Kier molecular flexibility index (Phi) is 5.94. The number of carbonyl (C=O) groups excluding carboxylic acids is 1. The van der Waals surface area contributed by atoms with E-state index in [-0.39, 0.29) is 5.91 Å². The fraction of sp³-hybridized carbons (Fsp3) is 0.318. The van der Waals surface area contributed by atoms with Crippen LogP contribution in [0.1, 0.15) is 16.2 Å². The molecule has 0 saturated carbocycles. The van der Waals surface area contributed by atoms with Crippen LogP contribution in [0, 0.1) is 0 Å². The molecule has 8 heteroatoms. The number of benzene rings is 2. The second-order valence-electron chi connectivity index (χ2n) is 7.04. The lowest BCUT2D eigenvalue weighted by Gasteiger charge is -2.34. The summed E-state index contributed by atoms with van der Waals surface area (Å²) in [5, 5.41) is 4.08. The van der Waals surface area contributed by atoms with E-state index in [4.69, 9.17) is 14.0 Å². The number of rotatable bonds is 6. The van der Waals surface area contributed by atoms with E-state index >= 15 is 0 Å². The van der Waals surface area contributed by atoms with Gasteiger partial charge in [0.1, 0.15) is 11.5 Å². The van der Waals surface area contributed by atoms with E-state index in [1.165, 1.54) is 0 Å². The van der Waals surface area contributed by atoms with Gasteiger partial charge in [-0.1, -0.05) is 5.16 Å². The Balaban J connectivity index is 1.31. The van der Waals surface area contributed by atoms with Crippen molar-refractivity contribution in [2.75, 3.05) is 40.4 Å². The molecule has 8 nitrogen and oxygen atoms in total. The minimum atomic E-state index is 0.0388. The molecule has 2 aromatic carbocycles. The molecule has 1 saturated heterocycles. The van der Waals surface area contributed by atoms with Gasteiger partial charge < -0.3 is 18.9 Å². The van der Waals surface area contributed by atoms with Crippen LogP contribution >= 0.6 is 0 Å². The first-order valence-corrected chi connectivity index (χ1v) is 9.79. The van der Waals surface area contributed by atoms with Crippen molar-refractivity contribution in [3.8, 4) is 22.9 Å². The zero-order valence-electron chi connectivity index (χ0n) is 17.1. The number of hydrogen-bond acceptors (Lipinski definition) is 7. The molecular weight excluding hydrogens is 384 g/mol. The van der Waals surface area contributed by atoms with E-state index in [0.717, 1.165) is 30.2 Å². The van der Waals surface area contributed by atoms with E-state index in [1.807, 2.05) is 29.2 Å². The zero-order valence-corrected chi connectivity index (χ0v) is 17.1. The van der Waals surface area contributed by atoms with E-state index < -0.39 is 0 Å². The van der Waals surface area contributed by atoms with Gasteiger partial charge >= 0.3 is 0 Å². The van der Waals surface area contributed by atoms with E-state index in [2.05, 4.69) is 15.0 Å². The van der Waals surface area contributed by atoms with Crippen molar-refractivity contribution in [2.24, 2.45) is 0 Å². The van der Waals surface area contributed by atoms with E-state index in [9.17, 15) is 4.79 Å². The first kappa shape index (κ1) is 19.9. The number of hydrogen-bond donors (Lipinski definition) is 0. The van der Waals surface area contributed by atoms with Gasteiger partial charge in [0.2, 0.25) is 11.7 Å². The third-order valence-corrected chi connectivity index (χ3v) is 5.17. The molecule has 3 aromatic rings. The van der Waals surface area contributed by atoms with Gasteiger partial charge in [0.25, 0.3) is 5.91 Å². The molecular formula is C22H24N4O4. The SMILES string of the molecule is COc1ccc(C(=O)N2CCN(Cc3nc(-c4ccc(OC)cc4)no3)CC2)cc1. The predicted molar refractivity (Wildman–Crippen MR) is 110 cm³/mol. The average molecular weight is 408 g/mol. The Morgan fingerprint density at radius 2 is 1.53 bits per heavy atom. The maximum Gasteiger partial charge on any atom is 0.253 e. The van der Waals surface area contributed by atoms with Gasteiger partial charge in [0.05, 0.1) is 20.8 Å². The third-order valence-electron chi connectivity index (χ3n) is 5.17. The molecule has 1 aliphatic heterocycles. The summed E-state index contributed by atoms with van der Waals surface area (Å²) in [6.45, 7) is 3.38. The van der Waals surface area contributed by atoms with Crippen LogP contribution in [0.3, 0.4) is 0 Å². The molecule has 0 aliphatic carbocycles. The van der Waals surface area contributed by atoms with Crippen molar-refractivity contribution < 1.29 is 18.8 Å². The number of ether oxygens (including phenoxy) is 2. The van der Waals surface area contributed by atoms with Crippen LogP contribution in [0.5, 0.6) is 11.5 Å². The fourth-order valence-electron chi connectivity index (χ4n) is 3.39. The van der Waals surface area contributed by atoms with Crippen molar-refractivity contribution in [3.05, 3.63) is 60.0 Å². The second-order valence-corrected chi connectivity index (χ2v) is 7.04. The van der Waals surface area contributed by atoms with Crippen molar-refractivity contribution in [1.29, 1.82) is 0 Å². The lowest BCUT2D eigenvalue weighted by Crippen LogP contribution is -2.48. The number of aromatic nitrogens is 2. The van der Waals surface area contributed by atoms with Gasteiger partial charge in [-0.05, 0) is 48.5 Å². The maximum atomic E-state index is 12.7. The molecule has 4 rings (SSSR count). The highest BCUT2D eigenvalue weighted by Gasteiger charge is 2.23. The number of piperazine rings is 1. The van der Waals surface area contributed by atoms with Gasteiger partial charge in [0.15, 0.2) is 0 Å². The van der Waals surface area contributed by atoms with Gasteiger partial charge in [-0.3, -0.25) is 9.69 Å². The van der Waals surface area contributed by atoms with Crippen LogP contribution in [0.25, 0.3) is 11.4 Å². The highest BCUT2D eigenvalue weighted by atomic mass is 16.5. The Morgan fingerprint density at radius 1 is 0.933 bits per heavy atom. The standard InChI is InChI=1S/C22H24N4O4/c1-28-18-7-3-16(4-8-18)21-23-20(30-24-21)15-25-11-13-26(14-12-25)22(27)17-5-9-19(29-2)10-6-17/h3-10H,11-15H2,1-2H3. The first-order valence-electron chi connectivity index (χ1n) is 9.79. The second kappa shape index (κ2) is 8.96.